The van der Waals surface area contributed by atoms with Crippen molar-refractivity contribution in [2.75, 3.05) is 23.3 Å². The Kier molecular flexibility index (Phi) is 6.45. The lowest BCUT2D eigenvalue weighted by Gasteiger charge is -2.31. The fourth-order valence-electron chi connectivity index (χ4n) is 3.48. The van der Waals surface area contributed by atoms with E-state index in [0.29, 0.717) is 5.11 Å². The summed E-state index contributed by atoms with van der Waals surface area (Å²) in [5.74, 6) is 0. The van der Waals surface area contributed by atoms with Gasteiger partial charge in [-0.2, -0.15) is 5.10 Å². The van der Waals surface area contributed by atoms with Crippen molar-refractivity contribution >= 4 is 34.9 Å². The topological polar surface area (TPSA) is 39.7 Å². The van der Waals surface area contributed by atoms with Gasteiger partial charge in [0.25, 0.3) is 0 Å². The van der Waals surface area contributed by atoms with Gasteiger partial charge in [-0.1, -0.05) is 25.1 Å². The molecular formula is C22H28N4S. The van der Waals surface area contributed by atoms with Crippen LogP contribution in [0.2, 0.25) is 0 Å². The van der Waals surface area contributed by atoms with Gasteiger partial charge in [-0.05, 0) is 85.8 Å². The molecule has 2 aromatic rings. The summed E-state index contributed by atoms with van der Waals surface area (Å²) < 4.78 is 0. The van der Waals surface area contributed by atoms with Gasteiger partial charge in [-0.15, -0.1) is 0 Å². The minimum absolute atomic E-state index is 0.493. The predicted octanol–water partition coefficient (Wildman–Crippen LogP) is 4.79. The van der Waals surface area contributed by atoms with Crippen molar-refractivity contribution in [1.29, 1.82) is 0 Å². The Balaban J connectivity index is 1.61. The molecule has 0 radical (unpaired) electrons. The first-order chi connectivity index (χ1) is 13.1. The standard InChI is InChI=1S/C22H28N4S/c1-4-12-26-13-6-8-19-14-18(10-11-21(19)26)15-23-25-22(27)24-20-9-5-7-16(2)17(20)3/h5,7,9-11,14-15H,4,6,8,12-13H2,1-3H3,(H2,24,25,27)/b23-15-. The summed E-state index contributed by atoms with van der Waals surface area (Å²) in [5, 5.41) is 8.00. The van der Waals surface area contributed by atoms with Crippen LogP contribution in [0.1, 0.15) is 42.0 Å². The van der Waals surface area contributed by atoms with Gasteiger partial charge in [0.2, 0.25) is 0 Å². The third kappa shape index (κ3) is 4.86. The summed E-state index contributed by atoms with van der Waals surface area (Å²) in [4.78, 5) is 2.49. The number of hydrazone groups is 1. The molecule has 2 N–H and O–H groups in total. The molecule has 1 aliphatic heterocycles. The molecule has 0 spiro atoms. The third-order valence-electron chi connectivity index (χ3n) is 5.04. The summed E-state index contributed by atoms with van der Waals surface area (Å²) >= 11 is 5.35. The molecular weight excluding hydrogens is 352 g/mol. The van der Waals surface area contributed by atoms with Crippen molar-refractivity contribution in [3.05, 3.63) is 58.7 Å². The number of nitrogens with zero attached hydrogens (tertiary/aromatic N) is 2. The first-order valence-electron chi connectivity index (χ1n) is 9.62. The molecule has 0 aliphatic carbocycles. The van der Waals surface area contributed by atoms with Crippen LogP contribution in [0.4, 0.5) is 11.4 Å². The second-order valence-electron chi connectivity index (χ2n) is 7.05. The van der Waals surface area contributed by atoms with Crippen LogP contribution >= 0.6 is 12.2 Å². The van der Waals surface area contributed by atoms with Crippen molar-refractivity contribution in [2.45, 2.75) is 40.0 Å². The van der Waals surface area contributed by atoms with E-state index in [4.69, 9.17) is 12.2 Å². The summed E-state index contributed by atoms with van der Waals surface area (Å²) in [6.07, 6.45) is 5.36. The SMILES string of the molecule is CCCN1CCCc2cc(/C=N\NC(=S)Nc3cccc(C)c3C)ccc21. The second-order valence-corrected chi connectivity index (χ2v) is 7.46. The number of hydrogen-bond donors (Lipinski definition) is 2. The van der Waals surface area contributed by atoms with Crippen LogP contribution < -0.4 is 15.6 Å². The van der Waals surface area contributed by atoms with Crippen molar-refractivity contribution < 1.29 is 0 Å². The van der Waals surface area contributed by atoms with E-state index in [-0.39, 0.29) is 0 Å². The quantitative estimate of drug-likeness (QED) is 0.445. The first kappa shape index (κ1) is 19.4. The fraction of sp³-hybridized carbons (Fsp3) is 0.364. The molecule has 0 saturated heterocycles. The highest BCUT2D eigenvalue weighted by Gasteiger charge is 2.15. The molecule has 0 atom stereocenters. The maximum Gasteiger partial charge on any atom is 0.191 e. The zero-order valence-corrected chi connectivity index (χ0v) is 17.2. The Hall–Kier alpha value is -2.40. The summed E-state index contributed by atoms with van der Waals surface area (Å²) in [7, 11) is 0. The minimum Gasteiger partial charge on any atom is -0.371 e. The van der Waals surface area contributed by atoms with Gasteiger partial charge < -0.3 is 10.2 Å². The van der Waals surface area contributed by atoms with Crippen LogP contribution in [0.3, 0.4) is 0 Å². The molecule has 4 nitrogen and oxygen atoms in total. The Morgan fingerprint density at radius 3 is 2.93 bits per heavy atom. The zero-order valence-electron chi connectivity index (χ0n) is 16.4. The number of nitrogens with one attached hydrogen (secondary N) is 2. The molecule has 27 heavy (non-hydrogen) atoms. The van der Waals surface area contributed by atoms with Crippen LogP contribution in [0.5, 0.6) is 0 Å². The number of anilines is 2. The lowest BCUT2D eigenvalue weighted by molar-refractivity contribution is 0.681. The Bertz CT molecular complexity index is 844. The summed E-state index contributed by atoms with van der Waals surface area (Å²) in [6, 6.07) is 12.7. The molecule has 142 valence electrons. The van der Waals surface area contributed by atoms with Gasteiger partial charge >= 0.3 is 0 Å². The molecule has 0 saturated carbocycles. The molecule has 0 amide bonds. The van der Waals surface area contributed by atoms with E-state index in [1.165, 1.54) is 35.2 Å². The van der Waals surface area contributed by atoms with E-state index in [9.17, 15) is 0 Å². The fourth-order valence-corrected chi connectivity index (χ4v) is 3.64. The van der Waals surface area contributed by atoms with Crippen molar-refractivity contribution in [3.8, 4) is 0 Å². The highest BCUT2D eigenvalue weighted by Crippen LogP contribution is 2.27. The molecule has 1 aliphatic rings. The van der Waals surface area contributed by atoms with E-state index in [1.54, 1.807) is 0 Å². The summed E-state index contributed by atoms with van der Waals surface area (Å²) in [6.45, 7) is 8.69. The maximum atomic E-state index is 5.35. The molecule has 0 fully saturated rings. The molecule has 0 aromatic heterocycles. The Morgan fingerprint density at radius 1 is 1.26 bits per heavy atom. The third-order valence-corrected chi connectivity index (χ3v) is 5.24. The zero-order chi connectivity index (χ0) is 19.2. The number of hydrogen-bond acceptors (Lipinski definition) is 3. The normalized spacial score (nSPS) is 13.5. The van der Waals surface area contributed by atoms with Gasteiger partial charge in [0.05, 0.1) is 6.21 Å². The Labute approximate surface area is 167 Å². The van der Waals surface area contributed by atoms with Crippen LogP contribution in [-0.2, 0) is 6.42 Å². The average Bonchev–Trinajstić information content (AvgIpc) is 2.66. The van der Waals surface area contributed by atoms with E-state index < -0.39 is 0 Å². The molecule has 2 aromatic carbocycles. The van der Waals surface area contributed by atoms with E-state index in [2.05, 4.69) is 65.8 Å². The van der Waals surface area contributed by atoms with Crippen molar-refractivity contribution in [2.24, 2.45) is 5.10 Å². The lowest BCUT2D eigenvalue weighted by Crippen LogP contribution is -2.30. The van der Waals surface area contributed by atoms with E-state index in [1.807, 2.05) is 18.3 Å². The van der Waals surface area contributed by atoms with Gasteiger partial charge in [0.1, 0.15) is 0 Å². The van der Waals surface area contributed by atoms with Crippen LogP contribution in [0.25, 0.3) is 0 Å². The largest absolute Gasteiger partial charge is 0.371 e. The smallest absolute Gasteiger partial charge is 0.191 e. The monoisotopic (exact) mass is 380 g/mol. The van der Waals surface area contributed by atoms with Crippen molar-refractivity contribution in [1.82, 2.24) is 5.43 Å². The van der Waals surface area contributed by atoms with Crippen LogP contribution in [0, 0.1) is 13.8 Å². The van der Waals surface area contributed by atoms with Gasteiger partial charge in [-0.25, -0.2) is 0 Å². The lowest BCUT2D eigenvalue weighted by atomic mass is 9.99. The number of fused-ring (bicyclic) bond motifs is 1. The number of aryl methyl sites for hydroxylation is 2. The molecule has 1 heterocycles. The highest BCUT2D eigenvalue weighted by atomic mass is 32.1. The predicted molar refractivity (Wildman–Crippen MR) is 120 cm³/mol. The number of rotatable bonds is 5. The van der Waals surface area contributed by atoms with Crippen molar-refractivity contribution in [3.63, 3.8) is 0 Å². The van der Waals surface area contributed by atoms with Gasteiger partial charge in [0, 0.05) is 24.5 Å². The second kappa shape index (κ2) is 9.00. The molecule has 5 heteroatoms. The molecule has 0 unspecified atom stereocenters. The Morgan fingerprint density at radius 2 is 2.11 bits per heavy atom. The first-order valence-corrected chi connectivity index (χ1v) is 10.0. The molecule has 0 bridgehead atoms. The van der Waals surface area contributed by atoms with Crippen LogP contribution in [-0.4, -0.2) is 24.4 Å². The average molecular weight is 381 g/mol. The van der Waals surface area contributed by atoms with E-state index >= 15 is 0 Å². The highest BCUT2D eigenvalue weighted by molar-refractivity contribution is 7.80. The molecule has 3 rings (SSSR count). The van der Waals surface area contributed by atoms with Gasteiger partial charge in [0.15, 0.2) is 5.11 Å². The van der Waals surface area contributed by atoms with Crippen LogP contribution in [0.15, 0.2) is 41.5 Å². The number of thiocarbonyl (C=S) groups is 1. The minimum atomic E-state index is 0.493. The maximum absolute atomic E-state index is 5.35. The van der Waals surface area contributed by atoms with Gasteiger partial charge in [-0.3, -0.25) is 5.43 Å². The summed E-state index contributed by atoms with van der Waals surface area (Å²) in [5.41, 5.74) is 10.2. The van der Waals surface area contributed by atoms with E-state index in [0.717, 1.165) is 30.8 Å². The number of benzene rings is 2.